The van der Waals surface area contributed by atoms with E-state index in [0.29, 0.717) is 31.5 Å². The van der Waals surface area contributed by atoms with E-state index in [0.717, 1.165) is 31.2 Å². The molecule has 1 aliphatic heterocycles. The van der Waals surface area contributed by atoms with Gasteiger partial charge in [-0.15, -0.1) is 5.10 Å². The van der Waals surface area contributed by atoms with Crippen molar-refractivity contribution in [2.24, 2.45) is 0 Å². The molecule has 0 spiro atoms. The molecule has 2 aliphatic rings. The van der Waals surface area contributed by atoms with Crippen molar-refractivity contribution in [3.05, 3.63) is 41.7 Å². The Morgan fingerprint density at radius 2 is 1.94 bits per heavy atom. The van der Waals surface area contributed by atoms with E-state index >= 15 is 0 Å². The minimum atomic E-state index is -3.69. The summed E-state index contributed by atoms with van der Waals surface area (Å²) in [6, 6.07) is 6.18. The number of sulfonamides is 1. The number of aliphatic hydroxyl groups excluding tert-OH is 1. The van der Waals surface area contributed by atoms with E-state index in [9.17, 15) is 18.6 Å². The fourth-order valence-electron chi connectivity index (χ4n) is 4.58. The number of rotatable bonds is 8. The Hall–Kier alpha value is -1.85. The molecule has 2 heterocycles. The molecule has 2 aromatic rings. The van der Waals surface area contributed by atoms with Crippen LogP contribution in [-0.2, 0) is 26.9 Å². The molecular weight excluding hydrogens is 432 g/mol. The van der Waals surface area contributed by atoms with Gasteiger partial charge in [0, 0.05) is 6.54 Å². The standard InChI is InChI=1S/C22H32N4O5S/c1-16-4-7-18(8-5-16)32(29,30)24-19-9-6-17(31-20(19)15-27)10-13-26-14-21(23-25-26)22(28)11-2-3-12-22/h4-5,7-8,14,17,19-20,24,27-28H,2-3,6,9-13,15H2,1H3/t17-,19+,20-/m0/s1. The summed E-state index contributed by atoms with van der Waals surface area (Å²) >= 11 is 0. The minimum absolute atomic E-state index is 0.116. The summed E-state index contributed by atoms with van der Waals surface area (Å²) in [5, 5.41) is 28.8. The second kappa shape index (κ2) is 9.56. The van der Waals surface area contributed by atoms with Crippen LogP contribution in [0.2, 0.25) is 0 Å². The van der Waals surface area contributed by atoms with Gasteiger partial charge < -0.3 is 14.9 Å². The molecule has 10 heteroatoms. The van der Waals surface area contributed by atoms with E-state index in [2.05, 4.69) is 15.0 Å². The largest absolute Gasteiger partial charge is 0.394 e. The Kier molecular flexibility index (Phi) is 6.97. The molecule has 3 atom stereocenters. The average Bonchev–Trinajstić information content (AvgIpc) is 3.43. The summed E-state index contributed by atoms with van der Waals surface area (Å²) in [5.74, 6) is 0. The Labute approximate surface area is 188 Å². The monoisotopic (exact) mass is 464 g/mol. The lowest BCUT2D eigenvalue weighted by atomic mass is 9.98. The van der Waals surface area contributed by atoms with Gasteiger partial charge in [0.05, 0.1) is 35.9 Å². The van der Waals surface area contributed by atoms with E-state index < -0.39 is 27.8 Å². The summed E-state index contributed by atoms with van der Waals surface area (Å²) in [4.78, 5) is 0.202. The van der Waals surface area contributed by atoms with Crippen molar-refractivity contribution in [2.75, 3.05) is 6.61 Å². The summed E-state index contributed by atoms with van der Waals surface area (Å²) in [7, 11) is -3.69. The van der Waals surface area contributed by atoms with Crippen LogP contribution >= 0.6 is 0 Å². The van der Waals surface area contributed by atoms with Crippen LogP contribution in [-0.4, -0.2) is 58.5 Å². The van der Waals surface area contributed by atoms with Gasteiger partial charge in [-0.3, -0.25) is 4.68 Å². The number of nitrogens with zero attached hydrogens (tertiary/aromatic N) is 3. The molecule has 0 unspecified atom stereocenters. The van der Waals surface area contributed by atoms with Gasteiger partial charge in [0.2, 0.25) is 10.0 Å². The Morgan fingerprint density at radius 3 is 2.62 bits per heavy atom. The fraction of sp³-hybridized carbons (Fsp3) is 0.636. The van der Waals surface area contributed by atoms with Crippen molar-refractivity contribution in [2.45, 2.75) is 87.2 Å². The molecule has 1 aromatic carbocycles. The third-order valence-electron chi connectivity index (χ3n) is 6.56. The first-order chi connectivity index (χ1) is 15.3. The van der Waals surface area contributed by atoms with Crippen LogP contribution in [0.3, 0.4) is 0 Å². The first-order valence-corrected chi connectivity index (χ1v) is 12.8. The second-order valence-electron chi connectivity index (χ2n) is 8.99. The SMILES string of the molecule is Cc1ccc(S(=O)(=O)N[C@@H]2CC[C@@H](CCn3cc(C4(O)CCCC4)nn3)O[C@H]2CO)cc1. The van der Waals surface area contributed by atoms with Crippen molar-refractivity contribution in [1.29, 1.82) is 0 Å². The molecule has 2 fully saturated rings. The van der Waals surface area contributed by atoms with E-state index in [1.54, 1.807) is 35.1 Å². The molecule has 4 rings (SSSR count). The van der Waals surface area contributed by atoms with Gasteiger partial charge in [0.1, 0.15) is 11.3 Å². The number of nitrogens with one attached hydrogen (secondary N) is 1. The van der Waals surface area contributed by atoms with Crippen molar-refractivity contribution < 1.29 is 23.4 Å². The van der Waals surface area contributed by atoms with Gasteiger partial charge in [0.15, 0.2) is 0 Å². The highest BCUT2D eigenvalue weighted by molar-refractivity contribution is 7.89. The average molecular weight is 465 g/mol. The topological polar surface area (TPSA) is 127 Å². The van der Waals surface area contributed by atoms with Gasteiger partial charge in [0.25, 0.3) is 0 Å². The van der Waals surface area contributed by atoms with Crippen molar-refractivity contribution in [3.8, 4) is 0 Å². The number of hydrogen-bond acceptors (Lipinski definition) is 7. The third-order valence-corrected chi connectivity index (χ3v) is 8.07. The maximum atomic E-state index is 12.7. The molecule has 1 saturated carbocycles. The van der Waals surface area contributed by atoms with Gasteiger partial charge in [-0.25, -0.2) is 13.1 Å². The molecule has 1 aromatic heterocycles. The van der Waals surface area contributed by atoms with Crippen LogP contribution in [0.25, 0.3) is 0 Å². The maximum Gasteiger partial charge on any atom is 0.240 e. The third kappa shape index (κ3) is 5.20. The zero-order chi connectivity index (χ0) is 22.8. The van der Waals surface area contributed by atoms with Gasteiger partial charge in [-0.1, -0.05) is 35.8 Å². The van der Waals surface area contributed by atoms with Crippen LogP contribution in [0.5, 0.6) is 0 Å². The van der Waals surface area contributed by atoms with Crippen LogP contribution in [0.15, 0.2) is 35.4 Å². The zero-order valence-electron chi connectivity index (χ0n) is 18.4. The van der Waals surface area contributed by atoms with Crippen LogP contribution in [0.1, 0.15) is 56.2 Å². The fourth-order valence-corrected chi connectivity index (χ4v) is 5.88. The van der Waals surface area contributed by atoms with Gasteiger partial charge in [-0.2, -0.15) is 0 Å². The van der Waals surface area contributed by atoms with Crippen LogP contribution < -0.4 is 4.72 Å². The summed E-state index contributed by atoms with van der Waals surface area (Å²) in [6.45, 7) is 2.21. The first kappa shape index (κ1) is 23.3. The first-order valence-electron chi connectivity index (χ1n) is 11.3. The molecule has 1 aliphatic carbocycles. The molecule has 1 saturated heterocycles. The molecule has 0 bridgehead atoms. The van der Waals surface area contributed by atoms with E-state index in [4.69, 9.17) is 4.74 Å². The Bertz CT molecular complexity index is 1000. The van der Waals surface area contributed by atoms with Gasteiger partial charge in [-0.05, 0) is 51.2 Å². The Morgan fingerprint density at radius 1 is 1.22 bits per heavy atom. The smallest absolute Gasteiger partial charge is 0.240 e. The van der Waals surface area contributed by atoms with Crippen molar-refractivity contribution in [1.82, 2.24) is 19.7 Å². The molecule has 32 heavy (non-hydrogen) atoms. The summed E-state index contributed by atoms with van der Waals surface area (Å²) in [5.41, 5.74) is 0.750. The zero-order valence-corrected chi connectivity index (χ0v) is 19.2. The predicted molar refractivity (Wildman–Crippen MR) is 117 cm³/mol. The van der Waals surface area contributed by atoms with Crippen LogP contribution in [0.4, 0.5) is 0 Å². The Balaban J connectivity index is 1.32. The summed E-state index contributed by atoms with van der Waals surface area (Å²) < 4.78 is 35.9. The quantitative estimate of drug-likeness (QED) is 0.542. The number of ether oxygens (including phenoxy) is 1. The molecular formula is C22H32N4O5S. The lowest BCUT2D eigenvalue weighted by molar-refractivity contribution is -0.0891. The second-order valence-corrected chi connectivity index (χ2v) is 10.7. The molecule has 0 radical (unpaired) electrons. The molecule has 0 amide bonds. The lowest BCUT2D eigenvalue weighted by Gasteiger charge is -2.36. The number of benzene rings is 1. The van der Waals surface area contributed by atoms with E-state index in [1.165, 1.54) is 0 Å². The highest BCUT2D eigenvalue weighted by Crippen LogP contribution is 2.37. The number of aromatic nitrogens is 3. The maximum absolute atomic E-state index is 12.7. The van der Waals surface area contributed by atoms with E-state index in [1.807, 2.05) is 6.92 Å². The number of aliphatic hydroxyl groups is 2. The minimum Gasteiger partial charge on any atom is -0.394 e. The highest BCUT2D eigenvalue weighted by atomic mass is 32.2. The lowest BCUT2D eigenvalue weighted by Crippen LogP contribution is -2.50. The number of aryl methyl sites for hydroxylation is 2. The van der Waals surface area contributed by atoms with Gasteiger partial charge >= 0.3 is 0 Å². The summed E-state index contributed by atoms with van der Waals surface area (Å²) in [6.07, 6.45) is 6.41. The van der Waals surface area contributed by atoms with Crippen molar-refractivity contribution in [3.63, 3.8) is 0 Å². The predicted octanol–water partition coefficient (Wildman–Crippen LogP) is 1.63. The van der Waals surface area contributed by atoms with Crippen molar-refractivity contribution >= 4 is 10.0 Å². The van der Waals surface area contributed by atoms with Crippen LogP contribution in [0, 0.1) is 6.92 Å². The number of hydrogen-bond donors (Lipinski definition) is 3. The highest BCUT2D eigenvalue weighted by Gasteiger charge is 2.36. The molecule has 9 nitrogen and oxygen atoms in total. The molecule has 3 N–H and O–H groups in total. The normalized spacial score (nSPS) is 25.8. The van der Waals surface area contributed by atoms with E-state index in [-0.39, 0.29) is 17.6 Å². The molecule has 176 valence electrons.